The van der Waals surface area contributed by atoms with E-state index in [1.807, 2.05) is 0 Å². The van der Waals surface area contributed by atoms with Gasteiger partial charge in [0.15, 0.2) is 0 Å². The van der Waals surface area contributed by atoms with E-state index in [2.05, 4.69) is 49.9 Å². The minimum absolute atomic E-state index is 0.141. The Hall–Kier alpha value is -1.31. The van der Waals surface area contributed by atoms with Crippen LogP contribution in [-0.4, -0.2) is 23.9 Å². The molecule has 0 aliphatic carbocycles. The van der Waals surface area contributed by atoms with Crippen molar-refractivity contribution in [3.8, 4) is 0 Å². The normalized spacial score (nSPS) is 16.9. The van der Waals surface area contributed by atoms with Crippen LogP contribution < -0.4 is 0 Å². The quantitative estimate of drug-likeness (QED) is 0.799. The first-order valence-corrected chi connectivity index (χ1v) is 7.84. The molecule has 1 aromatic carbocycles. The number of carbonyl (C=O) groups excluding carboxylic acids is 1. The van der Waals surface area contributed by atoms with Crippen molar-refractivity contribution in [3.63, 3.8) is 0 Å². The molecule has 0 aromatic heterocycles. The highest BCUT2D eigenvalue weighted by atomic mass is 16.2. The predicted octanol–water partition coefficient (Wildman–Crippen LogP) is 3.93. The third-order valence-corrected chi connectivity index (χ3v) is 4.11. The molecule has 110 valence electrons. The highest BCUT2D eigenvalue weighted by molar-refractivity contribution is 5.78. The lowest BCUT2D eigenvalue weighted by Gasteiger charge is -2.22. The fourth-order valence-electron chi connectivity index (χ4n) is 2.75. The molecule has 0 atom stereocenters. The van der Waals surface area contributed by atoms with Crippen molar-refractivity contribution in [1.82, 2.24) is 4.90 Å². The van der Waals surface area contributed by atoms with E-state index in [0.717, 1.165) is 31.5 Å². The molecule has 0 radical (unpaired) electrons. The van der Waals surface area contributed by atoms with Crippen molar-refractivity contribution >= 4 is 5.91 Å². The molecule has 1 aromatic rings. The monoisotopic (exact) mass is 273 g/mol. The van der Waals surface area contributed by atoms with Gasteiger partial charge in [-0.05, 0) is 29.4 Å². The summed E-state index contributed by atoms with van der Waals surface area (Å²) < 4.78 is 0. The van der Waals surface area contributed by atoms with Crippen LogP contribution in [0.4, 0.5) is 0 Å². The van der Waals surface area contributed by atoms with E-state index in [9.17, 15) is 4.79 Å². The Labute approximate surface area is 123 Å². The van der Waals surface area contributed by atoms with E-state index in [-0.39, 0.29) is 11.3 Å². The lowest BCUT2D eigenvalue weighted by Crippen LogP contribution is -2.33. The zero-order valence-corrected chi connectivity index (χ0v) is 13.1. The van der Waals surface area contributed by atoms with Crippen molar-refractivity contribution in [2.45, 2.75) is 58.3 Å². The van der Waals surface area contributed by atoms with Crippen molar-refractivity contribution in [2.75, 3.05) is 13.1 Å². The molecule has 0 spiro atoms. The van der Waals surface area contributed by atoms with E-state index < -0.39 is 0 Å². The Balaban J connectivity index is 2.03. The highest BCUT2D eigenvalue weighted by Gasteiger charge is 2.17. The maximum Gasteiger partial charge on any atom is 0.226 e. The van der Waals surface area contributed by atoms with Gasteiger partial charge < -0.3 is 4.90 Å². The molecule has 0 bridgehead atoms. The van der Waals surface area contributed by atoms with Gasteiger partial charge in [0.2, 0.25) is 5.91 Å². The first-order valence-electron chi connectivity index (χ1n) is 7.84. The number of hydrogen-bond donors (Lipinski definition) is 0. The van der Waals surface area contributed by atoms with Crippen LogP contribution in [0.5, 0.6) is 0 Å². The van der Waals surface area contributed by atoms with Gasteiger partial charge in [0.25, 0.3) is 0 Å². The third kappa shape index (κ3) is 4.09. The lowest BCUT2D eigenvalue weighted by molar-refractivity contribution is -0.130. The van der Waals surface area contributed by atoms with Crippen molar-refractivity contribution < 1.29 is 4.79 Å². The van der Waals surface area contributed by atoms with Gasteiger partial charge in [-0.3, -0.25) is 4.79 Å². The van der Waals surface area contributed by atoms with Crippen LogP contribution >= 0.6 is 0 Å². The van der Waals surface area contributed by atoms with Gasteiger partial charge in [0.05, 0.1) is 6.42 Å². The van der Waals surface area contributed by atoms with Crippen LogP contribution in [0.25, 0.3) is 0 Å². The molecular formula is C18H27NO. The SMILES string of the molecule is CC(C)(C)c1cccc(CC(=O)N2CCCCCC2)c1. The minimum Gasteiger partial charge on any atom is -0.342 e. The summed E-state index contributed by atoms with van der Waals surface area (Å²) in [6, 6.07) is 8.49. The van der Waals surface area contributed by atoms with Crippen molar-refractivity contribution in [2.24, 2.45) is 0 Å². The van der Waals surface area contributed by atoms with Gasteiger partial charge in [-0.2, -0.15) is 0 Å². The molecule has 1 aliphatic heterocycles. The fourth-order valence-corrected chi connectivity index (χ4v) is 2.75. The summed E-state index contributed by atoms with van der Waals surface area (Å²) in [5.41, 5.74) is 2.59. The van der Waals surface area contributed by atoms with Crippen LogP contribution in [0.1, 0.15) is 57.6 Å². The largest absolute Gasteiger partial charge is 0.342 e. The maximum atomic E-state index is 12.4. The van der Waals surface area contributed by atoms with Gasteiger partial charge in [0.1, 0.15) is 0 Å². The summed E-state index contributed by atoms with van der Waals surface area (Å²) in [6.07, 6.45) is 5.40. The molecule has 1 amide bonds. The minimum atomic E-state index is 0.141. The van der Waals surface area contributed by atoms with Crippen LogP contribution in [0.2, 0.25) is 0 Å². The van der Waals surface area contributed by atoms with E-state index in [0.29, 0.717) is 6.42 Å². The molecule has 1 fully saturated rings. The number of likely N-dealkylation sites (tertiary alicyclic amines) is 1. The Morgan fingerprint density at radius 2 is 1.75 bits per heavy atom. The van der Waals surface area contributed by atoms with Crippen LogP contribution in [0.3, 0.4) is 0 Å². The fraction of sp³-hybridized carbons (Fsp3) is 0.611. The molecule has 2 rings (SSSR count). The van der Waals surface area contributed by atoms with Crippen molar-refractivity contribution in [3.05, 3.63) is 35.4 Å². The van der Waals surface area contributed by atoms with E-state index in [1.54, 1.807) is 0 Å². The molecule has 2 heteroatoms. The first-order chi connectivity index (χ1) is 9.47. The second kappa shape index (κ2) is 6.43. The summed E-state index contributed by atoms with van der Waals surface area (Å²) in [5.74, 6) is 0.290. The second-order valence-electron chi connectivity index (χ2n) is 6.92. The molecular weight excluding hydrogens is 246 g/mol. The smallest absolute Gasteiger partial charge is 0.226 e. The molecule has 1 aliphatic rings. The average molecular weight is 273 g/mol. The van der Waals surface area contributed by atoms with Gasteiger partial charge >= 0.3 is 0 Å². The number of amides is 1. The summed E-state index contributed by atoms with van der Waals surface area (Å²) in [7, 11) is 0. The summed E-state index contributed by atoms with van der Waals surface area (Å²) in [6.45, 7) is 8.52. The Morgan fingerprint density at radius 1 is 1.10 bits per heavy atom. The van der Waals surface area contributed by atoms with Gasteiger partial charge in [0, 0.05) is 13.1 Å². The van der Waals surface area contributed by atoms with Gasteiger partial charge in [-0.1, -0.05) is 57.9 Å². The number of carbonyl (C=O) groups is 1. The Kier molecular flexibility index (Phi) is 4.85. The number of nitrogens with zero attached hydrogens (tertiary/aromatic N) is 1. The number of hydrogen-bond acceptors (Lipinski definition) is 1. The average Bonchev–Trinajstić information content (AvgIpc) is 2.67. The lowest BCUT2D eigenvalue weighted by atomic mass is 9.86. The van der Waals surface area contributed by atoms with Crippen molar-refractivity contribution in [1.29, 1.82) is 0 Å². The zero-order chi connectivity index (χ0) is 14.6. The molecule has 0 saturated carbocycles. The van der Waals surface area contributed by atoms with E-state index >= 15 is 0 Å². The van der Waals surface area contributed by atoms with E-state index in [4.69, 9.17) is 0 Å². The number of benzene rings is 1. The summed E-state index contributed by atoms with van der Waals surface area (Å²) in [4.78, 5) is 14.5. The standard InChI is InChI=1S/C18H27NO/c1-18(2,3)16-10-8-9-15(13-16)14-17(20)19-11-6-4-5-7-12-19/h8-10,13H,4-7,11-12,14H2,1-3H3. The third-order valence-electron chi connectivity index (χ3n) is 4.11. The van der Waals surface area contributed by atoms with Gasteiger partial charge in [-0.25, -0.2) is 0 Å². The molecule has 1 heterocycles. The first kappa shape index (κ1) is 15.1. The topological polar surface area (TPSA) is 20.3 Å². The van der Waals surface area contributed by atoms with Crippen LogP contribution in [-0.2, 0) is 16.6 Å². The number of rotatable bonds is 2. The molecule has 0 unspecified atom stereocenters. The molecule has 1 saturated heterocycles. The Morgan fingerprint density at radius 3 is 2.35 bits per heavy atom. The predicted molar refractivity (Wildman–Crippen MR) is 83.9 cm³/mol. The second-order valence-corrected chi connectivity index (χ2v) is 6.92. The molecule has 0 N–H and O–H groups in total. The van der Waals surface area contributed by atoms with E-state index in [1.165, 1.54) is 18.4 Å². The molecule has 2 nitrogen and oxygen atoms in total. The maximum absolute atomic E-state index is 12.4. The zero-order valence-electron chi connectivity index (χ0n) is 13.1. The summed E-state index contributed by atoms with van der Waals surface area (Å²) >= 11 is 0. The highest BCUT2D eigenvalue weighted by Crippen LogP contribution is 2.23. The van der Waals surface area contributed by atoms with Gasteiger partial charge in [-0.15, -0.1) is 0 Å². The van der Waals surface area contributed by atoms with Crippen LogP contribution in [0, 0.1) is 0 Å². The Bertz CT molecular complexity index is 451. The van der Waals surface area contributed by atoms with Crippen LogP contribution in [0.15, 0.2) is 24.3 Å². The molecule has 20 heavy (non-hydrogen) atoms. The summed E-state index contributed by atoms with van der Waals surface area (Å²) in [5, 5.41) is 0.